The highest BCUT2D eigenvalue weighted by molar-refractivity contribution is 9.09. The lowest BCUT2D eigenvalue weighted by atomic mass is 10.2. The van der Waals surface area contributed by atoms with E-state index in [0.29, 0.717) is 6.04 Å². The Morgan fingerprint density at radius 3 is 2.92 bits per heavy atom. The van der Waals surface area contributed by atoms with Crippen LogP contribution in [0.5, 0.6) is 0 Å². The minimum Gasteiger partial charge on any atom is -0.267 e. The number of aryl methyl sites for hydroxylation is 1. The Bertz CT molecular complexity index is 230. The van der Waals surface area contributed by atoms with Crippen molar-refractivity contribution in [2.75, 3.05) is 5.33 Å². The second-order valence-corrected chi connectivity index (χ2v) is 3.95. The van der Waals surface area contributed by atoms with Gasteiger partial charge in [0, 0.05) is 23.3 Å². The van der Waals surface area contributed by atoms with Crippen molar-refractivity contribution in [1.82, 2.24) is 9.78 Å². The fraction of sp³-hybridized carbons (Fsp3) is 0.667. The molecule has 0 fully saturated rings. The van der Waals surface area contributed by atoms with Crippen molar-refractivity contribution in [1.29, 1.82) is 0 Å². The number of aromatic nitrogens is 2. The summed E-state index contributed by atoms with van der Waals surface area (Å²) < 4.78 is 2.09. The Morgan fingerprint density at radius 2 is 2.33 bits per heavy atom. The summed E-state index contributed by atoms with van der Waals surface area (Å²) in [5.41, 5.74) is 1.34. The largest absolute Gasteiger partial charge is 0.267 e. The number of hydrogen-bond acceptors (Lipinski definition) is 1. The molecule has 1 heterocycles. The highest BCUT2D eigenvalue weighted by atomic mass is 79.9. The molecule has 0 aromatic carbocycles. The van der Waals surface area contributed by atoms with Gasteiger partial charge >= 0.3 is 0 Å². The molecule has 0 aliphatic heterocycles. The van der Waals surface area contributed by atoms with Crippen LogP contribution in [0.3, 0.4) is 0 Å². The van der Waals surface area contributed by atoms with Crippen LogP contribution in [0.25, 0.3) is 0 Å². The molecule has 0 aliphatic carbocycles. The number of halogens is 1. The van der Waals surface area contributed by atoms with E-state index in [2.05, 4.69) is 45.6 Å². The molecule has 0 saturated heterocycles. The zero-order valence-corrected chi connectivity index (χ0v) is 9.21. The van der Waals surface area contributed by atoms with Crippen molar-refractivity contribution in [3.8, 4) is 0 Å². The summed E-state index contributed by atoms with van der Waals surface area (Å²) in [6, 6.07) is 2.58. The third kappa shape index (κ3) is 2.34. The first kappa shape index (κ1) is 9.78. The fourth-order valence-corrected chi connectivity index (χ4v) is 1.53. The van der Waals surface area contributed by atoms with Crippen LogP contribution in [0, 0.1) is 0 Å². The van der Waals surface area contributed by atoms with Crippen molar-refractivity contribution in [3.05, 3.63) is 18.0 Å². The minimum atomic E-state index is 0.477. The van der Waals surface area contributed by atoms with E-state index in [0.717, 1.165) is 11.8 Å². The van der Waals surface area contributed by atoms with E-state index in [-0.39, 0.29) is 0 Å². The van der Waals surface area contributed by atoms with Crippen LogP contribution in [0.1, 0.15) is 32.0 Å². The van der Waals surface area contributed by atoms with E-state index in [9.17, 15) is 0 Å². The Hall–Kier alpha value is -0.310. The molecular weight excluding hydrogens is 216 g/mol. The molecular formula is C9H15BrN2. The van der Waals surface area contributed by atoms with Crippen molar-refractivity contribution in [3.63, 3.8) is 0 Å². The van der Waals surface area contributed by atoms with Crippen LogP contribution < -0.4 is 0 Å². The van der Waals surface area contributed by atoms with Gasteiger partial charge in [-0.3, -0.25) is 4.68 Å². The molecule has 1 aromatic rings. The second-order valence-electron chi connectivity index (χ2n) is 3.15. The zero-order chi connectivity index (χ0) is 8.97. The van der Waals surface area contributed by atoms with Gasteiger partial charge in [-0.25, -0.2) is 0 Å². The normalized spacial score (nSPS) is 11.0. The third-order valence-corrected chi connectivity index (χ3v) is 2.37. The first-order chi connectivity index (χ1) is 5.75. The molecule has 1 aromatic heterocycles. The third-order valence-electron chi connectivity index (χ3n) is 1.81. The van der Waals surface area contributed by atoms with Crippen molar-refractivity contribution in [2.45, 2.75) is 32.7 Å². The van der Waals surface area contributed by atoms with Gasteiger partial charge in [-0.15, -0.1) is 0 Å². The first-order valence-corrected chi connectivity index (χ1v) is 5.46. The van der Waals surface area contributed by atoms with Crippen LogP contribution in [0.2, 0.25) is 0 Å². The summed E-state index contributed by atoms with van der Waals surface area (Å²) in [6.45, 7) is 4.31. The van der Waals surface area contributed by atoms with E-state index in [1.807, 2.05) is 6.20 Å². The Balaban J connectivity index is 2.64. The van der Waals surface area contributed by atoms with Crippen LogP contribution in [0.4, 0.5) is 0 Å². The van der Waals surface area contributed by atoms with Crippen LogP contribution >= 0.6 is 15.9 Å². The average Bonchev–Trinajstić information content (AvgIpc) is 2.48. The SMILES string of the molecule is CC(C)n1nccc1CCCBr. The van der Waals surface area contributed by atoms with Gasteiger partial charge in [-0.2, -0.15) is 5.10 Å². The summed E-state index contributed by atoms with van der Waals surface area (Å²) in [4.78, 5) is 0. The van der Waals surface area contributed by atoms with Crippen LogP contribution in [-0.2, 0) is 6.42 Å². The number of rotatable bonds is 4. The summed E-state index contributed by atoms with van der Waals surface area (Å²) in [6.07, 6.45) is 4.17. The van der Waals surface area contributed by atoms with E-state index < -0.39 is 0 Å². The molecule has 68 valence electrons. The average molecular weight is 231 g/mol. The number of alkyl halides is 1. The molecule has 0 spiro atoms. The molecule has 0 amide bonds. The summed E-state index contributed by atoms with van der Waals surface area (Å²) in [7, 11) is 0. The van der Waals surface area contributed by atoms with Crippen molar-refractivity contribution < 1.29 is 0 Å². The van der Waals surface area contributed by atoms with Gasteiger partial charge in [0.1, 0.15) is 0 Å². The lowest BCUT2D eigenvalue weighted by Gasteiger charge is -2.09. The van der Waals surface area contributed by atoms with Crippen molar-refractivity contribution >= 4 is 15.9 Å². The predicted molar refractivity (Wildman–Crippen MR) is 54.7 cm³/mol. The van der Waals surface area contributed by atoms with Crippen molar-refractivity contribution in [2.24, 2.45) is 0 Å². The maximum absolute atomic E-state index is 4.27. The second kappa shape index (κ2) is 4.65. The Kier molecular flexibility index (Phi) is 3.79. The molecule has 0 atom stereocenters. The molecule has 0 aliphatic rings. The van der Waals surface area contributed by atoms with Crippen LogP contribution in [0.15, 0.2) is 12.3 Å². The van der Waals surface area contributed by atoms with E-state index in [1.165, 1.54) is 12.1 Å². The predicted octanol–water partition coefficient (Wildman–Crippen LogP) is 2.79. The monoisotopic (exact) mass is 230 g/mol. The molecule has 0 saturated carbocycles. The molecule has 3 heteroatoms. The summed E-state index contributed by atoms with van der Waals surface area (Å²) >= 11 is 3.43. The maximum Gasteiger partial charge on any atom is 0.0492 e. The molecule has 1 rings (SSSR count). The molecule has 0 radical (unpaired) electrons. The Labute approximate surface area is 82.1 Å². The minimum absolute atomic E-state index is 0.477. The van der Waals surface area contributed by atoms with Gasteiger partial charge in [0.05, 0.1) is 0 Å². The number of nitrogens with zero attached hydrogens (tertiary/aromatic N) is 2. The molecule has 0 N–H and O–H groups in total. The highest BCUT2D eigenvalue weighted by Gasteiger charge is 2.04. The van der Waals surface area contributed by atoms with E-state index >= 15 is 0 Å². The Morgan fingerprint density at radius 1 is 1.58 bits per heavy atom. The molecule has 0 unspecified atom stereocenters. The first-order valence-electron chi connectivity index (χ1n) is 4.34. The van der Waals surface area contributed by atoms with Gasteiger partial charge in [-0.1, -0.05) is 15.9 Å². The van der Waals surface area contributed by atoms with Gasteiger partial charge in [0.2, 0.25) is 0 Å². The molecule has 12 heavy (non-hydrogen) atoms. The van der Waals surface area contributed by atoms with Gasteiger partial charge in [-0.05, 0) is 32.8 Å². The highest BCUT2D eigenvalue weighted by Crippen LogP contribution is 2.10. The summed E-state index contributed by atoms with van der Waals surface area (Å²) in [5.74, 6) is 0. The maximum atomic E-state index is 4.27. The van der Waals surface area contributed by atoms with Gasteiger partial charge < -0.3 is 0 Å². The van der Waals surface area contributed by atoms with Gasteiger partial charge in [0.25, 0.3) is 0 Å². The fourth-order valence-electron chi connectivity index (χ4n) is 1.25. The smallest absolute Gasteiger partial charge is 0.0492 e. The lowest BCUT2D eigenvalue weighted by Crippen LogP contribution is -2.07. The van der Waals surface area contributed by atoms with Crippen LogP contribution in [-0.4, -0.2) is 15.1 Å². The molecule has 0 bridgehead atoms. The topological polar surface area (TPSA) is 17.8 Å². The number of hydrogen-bond donors (Lipinski definition) is 0. The zero-order valence-electron chi connectivity index (χ0n) is 7.63. The van der Waals surface area contributed by atoms with Gasteiger partial charge in [0.15, 0.2) is 0 Å². The quantitative estimate of drug-likeness (QED) is 0.728. The summed E-state index contributed by atoms with van der Waals surface area (Å²) in [5, 5.41) is 5.34. The van der Waals surface area contributed by atoms with E-state index in [4.69, 9.17) is 0 Å². The standard InChI is InChI=1S/C9H15BrN2/c1-8(2)12-9(4-3-6-10)5-7-11-12/h5,7-8H,3-4,6H2,1-2H3. The van der Waals surface area contributed by atoms with E-state index in [1.54, 1.807) is 0 Å². The lowest BCUT2D eigenvalue weighted by molar-refractivity contribution is 0.507. The molecule has 2 nitrogen and oxygen atoms in total.